The first-order chi connectivity index (χ1) is 9.44. The lowest BCUT2D eigenvalue weighted by Gasteiger charge is -2.14. The molecule has 0 atom stereocenters. The third-order valence-electron chi connectivity index (χ3n) is 2.80. The Bertz CT molecular complexity index is 691. The van der Waals surface area contributed by atoms with Crippen LogP contribution in [-0.2, 0) is 10.0 Å². The lowest BCUT2D eigenvalue weighted by molar-refractivity contribution is 0.600. The van der Waals surface area contributed by atoms with Gasteiger partial charge in [0.05, 0.1) is 4.90 Å². The average Bonchev–Trinajstić information content (AvgIpc) is 2.37. The van der Waals surface area contributed by atoms with E-state index in [-0.39, 0.29) is 10.7 Å². The molecule has 106 valence electrons. The first-order valence-corrected chi connectivity index (χ1v) is 7.44. The van der Waals surface area contributed by atoms with Gasteiger partial charge in [-0.25, -0.2) is 13.4 Å². The summed E-state index contributed by atoms with van der Waals surface area (Å²) >= 11 is 0. The third kappa shape index (κ3) is 2.89. The molecule has 1 heterocycles. The van der Waals surface area contributed by atoms with E-state index in [4.69, 9.17) is 5.84 Å². The van der Waals surface area contributed by atoms with Crippen molar-refractivity contribution in [3.05, 3.63) is 47.7 Å². The highest BCUT2D eigenvalue weighted by Gasteiger charge is 2.20. The minimum atomic E-state index is -3.68. The molecule has 0 bridgehead atoms. The molecule has 1 aromatic carbocycles. The monoisotopic (exact) mass is 292 g/mol. The fraction of sp³-hybridized carbons (Fsp3) is 0.154. The zero-order chi connectivity index (χ0) is 14.8. The van der Waals surface area contributed by atoms with Crippen LogP contribution in [0.2, 0.25) is 0 Å². The number of hydrogen-bond donors (Lipinski definition) is 3. The number of nitrogens with two attached hydrogens (primary N) is 1. The van der Waals surface area contributed by atoms with Gasteiger partial charge in [-0.05, 0) is 49.2 Å². The molecule has 0 aliphatic rings. The SMILES string of the molecule is Cc1cc(NN)cc(C)c1S(=O)(=O)Nc1ccccn1. The van der Waals surface area contributed by atoms with Crippen molar-refractivity contribution in [1.82, 2.24) is 4.98 Å². The topological polar surface area (TPSA) is 97.1 Å². The molecule has 0 aliphatic carbocycles. The lowest BCUT2D eigenvalue weighted by atomic mass is 10.1. The lowest BCUT2D eigenvalue weighted by Crippen LogP contribution is -2.17. The van der Waals surface area contributed by atoms with Crippen LogP contribution in [0.25, 0.3) is 0 Å². The molecule has 6 nitrogen and oxygen atoms in total. The van der Waals surface area contributed by atoms with Gasteiger partial charge in [-0.3, -0.25) is 10.6 Å². The summed E-state index contributed by atoms with van der Waals surface area (Å²) in [6.07, 6.45) is 1.53. The molecule has 0 radical (unpaired) electrons. The van der Waals surface area contributed by atoms with Crippen molar-refractivity contribution in [1.29, 1.82) is 0 Å². The molecule has 4 N–H and O–H groups in total. The van der Waals surface area contributed by atoms with Crippen molar-refractivity contribution >= 4 is 21.5 Å². The standard InChI is InChI=1S/C13H16N4O2S/c1-9-7-11(16-14)8-10(2)13(9)20(18,19)17-12-5-3-4-6-15-12/h3-8,16H,14H2,1-2H3,(H,15,17). The maximum Gasteiger partial charge on any atom is 0.263 e. The van der Waals surface area contributed by atoms with Gasteiger partial charge in [0.15, 0.2) is 0 Å². The van der Waals surface area contributed by atoms with Gasteiger partial charge in [-0.2, -0.15) is 0 Å². The van der Waals surface area contributed by atoms with Gasteiger partial charge in [0.2, 0.25) is 0 Å². The van der Waals surface area contributed by atoms with Crippen molar-refractivity contribution in [3.63, 3.8) is 0 Å². The highest BCUT2D eigenvalue weighted by Crippen LogP contribution is 2.25. The van der Waals surface area contributed by atoms with Crippen molar-refractivity contribution < 1.29 is 8.42 Å². The molecule has 0 fully saturated rings. The van der Waals surface area contributed by atoms with Crippen LogP contribution in [0.3, 0.4) is 0 Å². The summed E-state index contributed by atoms with van der Waals surface area (Å²) in [5.74, 6) is 5.63. The fourth-order valence-electron chi connectivity index (χ4n) is 2.07. The van der Waals surface area contributed by atoms with Crippen molar-refractivity contribution in [2.75, 3.05) is 10.1 Å². The van der Waals surface area contributed by atoms with Crippen molar-refractivity contribution in [2.24, 2.45) is 5.84 Å². The molecule has 20 heavy (non-hydrogen) atoms. The molecule has 0 saturated carbocycles. The van der Waals surface area contributed by atoms with E-state index in [0.29, 0.717) is 16.8 Å². The molecule has 0 saturated heterocycles. The molecular formula is C13H16N4O2S. The molecule has 2 rings (SSSR count). The maximum atomic E-state index is 12.4. The maximum absolute atomic E-state index is 12.4. The summed E-state index contributed by atoms with van der Waals surface area (Å²) in [5, 5.41) is 0. The van der Waals surface area contributed by atoms with Crippen LogP contribution in [0.1, 0.15) is 11.1 Å². The Balaban J connectivity index is 2.45. The number of hydrogen-bond acceptors (Lipinski definition) is 5. The van der Waals surface area contributed by atoms with Crippen molar-refractivity contribution in [2.45, 2.75) is 18.7 Å². The highest BCUT2D eigenvalue weighted by molar-refractivity contribution is 7.92. The predicted octanol–water partition coefficient (Wildman–Crippen LogP) is 1.78. The number of rotatable bonds is 4. The van der Waals surface area contributed by atoms with Gasteiger partial charge < -0.3 is 5.43 Å². The Hall–Kier alpha value is -2.12. The molecule has 0 unspecified atom stereocenters. The fourth-order valence-corrected chi connectivity index (χ4v) is 3.53. The van der Waals surface area contributed by atoms with E-state index in [1.807, 2.05) is 0 Å². The van der Waals surface area contributed by atoms with Crippen LogP contribution in [0, 0.1) is 13.8 Å². The van der Waals surface area contributed by atoms with Crippen LogP contribution in [0.4, 0.5) is 11.5 Å². The number of nitrogen functional groups attached to an aromatic ring is 1. The molecule has 0 spiro atoms. The number of anilines is 2. The number of nitrogens with one attached hydrogen (secondary N) is 2. The van der Waals surface area contributed by atoms with E-state index >= 15 is 0 Å². The largest absolute Gasteiger partial charge is 0.324 e. The minimum Gasteiger partial charge on any atom is -0.324 e. The normalized spacial score (nSPS) is 11.2. The molecule has 0 aliphatic heterocycles. The number of benzene rings is 1. The third-order valence-corrected chi connectivity index (χ3v) is 4.46. The number of nitrogens with zero attached hydrogens (tertiary/aromatic N) is 1. The molecule has 1 aromatic heterocycles. The van der Waals surface area contributed by atoms with E-state index in [1.54, 1.807) is 44.2 Å². The second kappa shape index (κ2) is 5.48. The minimum absolute atomic E-state index is 0.238. The predicted molar refractivity (Wildman–Crippen MR) is 78.8 cm³/mol. The Morgan fingerprint density at radius 2 is 1.80 bits per heavy atom. The number of aryl methyl sites for hydroxylation is 2. The Kier molecular flexibility index (Phi) is 3.91. The van der Waals surface area contributed by atoms with E-state index in [1.165, 1.54) is 6.20 Å². The molecule has 2 aromatic rings. The number of pyridine rings is 1. The van der Waals surface area contributed by atoms with Crippen LogP contribution in [0.5, 0.6) is 0 Å². The van der Waals surface area contributed by atoms with Gasteiger partial charge in [0.1, 0.15) is 5.82 Å². The first kappa shape index (κ1) is 14.3. The number of sulfonamides is 1. The Labute approximate surface area is 118 Å². The van der Waals surface area contributed by atoms with E-state index < -0.39 is 10.0 Å². The van der Waals surface area contributed by atoms with Crippen molar-refractivity contribution in [3.8, 4) is 0 Å². The van der Waals surface area contributed by atoms with Crippen LogP contribution >= 0.6 is 0 Å². The van der Waals surface area contributed by atoms with Gasteiger partial charge in [0.25, 0.3) is 10.0 Å². The van der Waals surface area contributed by atoms with Gasteiger partial charge >= 0.3 is 0 Å². The summed E-state index contributed by atoms with van der Waals surface area (Å²) < 4.78 is 27.3. The first-order valence-electron chi connectivity index (χ1n) is 5.96. The summed E-state index contributed by atoms with van der Waals surface area (Å²) in [5.41, 5.74) is 4.40. The summed E-state index contributed by atoms with van der Waals surface area (Å²) in [4.78, 5) is 4.20. The van der Waals surface area contributed by atoms with Crippen LogP contribution in [0.15, 0.2) is 41.4 Å². The van der Waals surface area contributed by atoms with Gasteiger partial charge in [-0.1, -0.05) is 6.07 Å². The summed E-state index contributed by atoms with van der Waals surface area (Å²) in [7, 11) is -3.68. The highest BCUT2D eigenvalue weighted by atomic mass is 32.2. The average molecular weight is 292 g/mol. The van der Waals surface area contributed by atoms with Gasteiger partial charge in [0, 0.05) is 11.9 Å². The van der Waals surface area contributed by atoms with Gasteiger partial charge in [-0.15, -0.1) is 0 Å². The Morgan fingerprint density at radius 3 is 2.30 bits per heavy atom. The second-order valence-electron chi connectivity index (χ2n) is 4.40. The van der Waals surface area contributed by atoms with E-state index in [9.17, 15) is 8.42 Å². The zero-order valence-corrected chi connectivity index (χ0v) is 12.0. The van der Waals surface area contributed by atoms with E-state index in [2.05, 4.69) is 15.1 Å². The van der Waals surface area contributed by atoms with E-state index in [0.717, 1.165) is 0 Å². The quantitative estimate of drug-likeness (QED) is 0.589. The molecule has 0 amide bonds. The summed E-state index contributed by atoms with van der Waals surface area (Å²) in [6, 6.07) is 8.39. The summed E-state index contributed by atoms with van der Waals surface area (Å²) in [6.45, 7) is 3.45. The zero-order valence-electron chi connectivity index (χ0n) is 11.2. The Morgan fingerprint density at radius 1 is 1.15 bits per heavy atom. The molecular weight excluding hydrogens is 276 g/mol. The smallest absolute Gasteiger partial charge is 0.263 e. The van der Waals surface area contributed by atoms with Crippen LogP contribution in [-0.4, -0.2) is 13.4 Å². The number of hydrazine groups is 1. The molecule has 7 heteroatoms. The van der Waals surface area contributed by atoms with Crippen LogP contribution < -0.4 is 16.0 Å². The number of aromatic nitrogens is 1. The second-order valence-corrected chi connectivity index (χ2v) is 6.02.